The van der Waals surface area contributed by atoms with Crippen LogP contribution in [-0.2, 0) is 9.63 Å². The summed E-state index contributed by atoms with van der Waals surface area (Å²) < 4.78 is 0. The Balaban J connectivity index is 3.29. The van der Waals surface area contributed by atoms with Crippen molar-refractivity contribution in [2.75, 3.05) is 6.61 Å². The summed E-state index contributed by atoms with van der Waals surface area (Å²) in [4.78, 5) is 14.4. The van der Waals surface area contributed by atoms with Gasteiger partial charge in [-0.3, -0.25) is 4.84 Å². The Hall–Kier alpha value is -0.610. The third kappa shape index (κ3) is 7.39. The molecule has 0 saturated heterocycles. The zero-order valence-corrected chi connectivity index (χ0v) is 6.43. The Morgan fingerprint density at radius 2 is 2.10 bits per heavy atom. The Morgan fingerprint density at radius 1 is 1.60 bits per heavy atom. The van der Waals surface area contributed by atoms with Crippen molar-refractivity contribution in [3.05, 3.63) is 0 Å². The van der Waals surface area contributed by atoms with Gasteiger partial charge in [0.05, 0.1) is 5.97 Å². The maximum absolute atomic E-state index is 9.81. The van der Waals surface area contributed by atoms with Crippen LogP contribution in [0.15, 0.2) is 0 Å². The van der Waals surface area contributed by atoms with Crippen LogP contribution < -0.4 is 10.6 Å². The van der Waals surface area contributed by atoms with Gasteiger partial charge in [-0.2, -0.15) is 5.48 Å². The lowest BCUT2D eigenvalue weighted by Crippen LogP contribution is -2.39. The molecule has 0 rings (SSSR count). The molecular formula is C6H12NO3-. The Kier molecular flexibility index (Phi) is 3.32. The lowest BCUT2D eigenvalue weighted by Gasteiger charge is -2.19. The predicted molar refractivity (Wildman–Crippen MR) is 33.8 cm³/mol. The summed E-state index contributed by atoms with van der Waals surface area (Å²) in [6.07, 6.45) is 0. The molecule has 0 fully saturated rings. The number of hydroxylamine groups is 1. The van der Waals surface area contributed by atoms with Crippen molar-refractivity contribution >= 4 is 5.97 Å². The van der Waals surface area contributed by atoms with Crippen LogP contribution in [0.3, 0.4) is 0 Å². The molecule has 0 bridgehead atoms. The maximum Gasteiger partial charge on any atom is 0.108 e. The quantitative estimate of drug-likeness (QED) is 0.522. The molecule has 0 aliphatic carbocycles. The second-order valence-corrected chi connectivity index (χ2v) is 3.01. The summed E-state index contributed by atoms with van der Waals surface area (Å²) >= 11 is 0. The molecule has 0 radical (unpaired) electrons. The van der Waals surface area contributed by atoms with Crippen LogP contribution in [0.25, 0.3) is 0 Å². The fourth-order valence-corrected chi connectivity index (χ4v) is 0.312. The third-order valence-electron chi connectivity index (χ3n) is 0.568. The zero-order chi connectivity index (χ0) is 8.20. The highest BCUT2D eigenvalue weighted by molar-refractivity contribution is 5.65. The van der Waals surface area contributed by atoms with Crippen molar-refractivity contribution in [1.29, 1.82) is 0 Å². The molecule has 10 heavy (non-hydrogen) atoms. The van der Waals surface area contributed by atoms with Gasteiger partial charge in [-0.25, -0.2) is 0 Å². The first kappa shape index (κ1) is 9.39. The second-order valence-electron chi connectivity index (χ2n) is 3.01. The summed E-state index contributed by atoms with van der Waals surface area (Å²) in [6.45, 7) is 5.17. The number of rotatable bonds is 3. The largest absolute Gasteiger partial charge is 0.548 e. The molecule has 1 N–H and O–H groups in total. The second kappa shape index (κ2) is 3.53. The van der Waals surface area contributed by atoms with Gasteiger partial charge in [0.15, 0.2) is 0 Å². The van der Waals surface area contributed by atoms with E-state index in [1.807, 2.05) is 20.8 Å². The molecule has 0 unspecified atom stereocenters. The number of aliphatic carboxylic acids is 1. The molecule has 0 aromatic heterocycles. The molecular weight excluding hydrogens is 134 g/mol. The monoisotopic (exact) mass is 146 g/mol. The van der Waals surface area contributed by atoms with Gasteiger partial charge in [-0.05, 0) is 20.8 Å². The lowest BCUT2D eigenvalue weighted by atomic mass is 10.1. The van der Waals surface area contributed by atoms with Crippen molar-refractivity contribution in [2.24, 2.45) is 0 Å². The van der Waals surface area contributed by atoms with E-state index in [1.54, 1.807) is 0 Å². The van der Waals surface area contributed by atoms with Crippen LogP contribution in [0.1, 0.15) is 20.8 Å². The van der Waals surface area contributed by atoms with E-state index in [4.69, 9.17) is 0 Å². The maximum atomic E-state index is 9.81. The van der Waals surface area contributed by atoms with Gasteiger partial charge in [0, 0.05) is 5.54 Å². The molecule has 4 heteroatoms. The van der Waals surface area contributed by atoms with Gasteiger partial charge >= 0.3 is 0 Å². The van der Waals surface area contributed by atoms with Crippen LogP contribution in [0, 0.1) is 0 Å². The molecule has 0 aliphatic rings. The van der Waals surface area contributed by atoms with Crippen LogP contribution in [0.2, 0.25) is 0 Å². The van der Waals surface area contributed by atoms with E-state index in [2.05, 4.69) is 10.3 Å². The van der Waals surface area contributed by atoms with E-state index >= 15 is 0 Å². The predicted octanol–water partition coefficient (Wildman–Crippen LogP) is -0.944. The van der Waals surface area contributed by atoms with E-state index < -0.39 is 12.6 Å². The average Bonchev–Trinajstić information content (AvgIpc) is 1.59. The highest BCUT2D eigenvalue weighted by Crippen LogP contribution is 1.96. The zero-order valence-electron chi connectivity index (χ0n) is 6.43. The molecule has 0 aliphatic heterocycles. The number of carbonyl (C=O) groups excluding carboxylic acids is 1. The normalized spacial score (nSPS) is 11.5. The van der Waals surface area contributed by atoms with Crippen LogP contribution in [0.4, 0.5) is 0 Å². The fraction of sp³-hybridized carbons (Fsp3) is 0.833. The van der Waals surface area contributed by atoms with Crippen molar-refractivity contribution in [3.63, 3.8) is 0 Å². The van der Waals surface area contributed by atoms with E-state index in [9.17, 15) is 9.90 Å². The smallest absolute Gasteiger partial charge is 0.108 e. The van der Waals surface area contributed by atoms with Crippen molar-refractivity contribution in [1.82, 2.24) is 5.48 Å². The van der Waals surface area contributed by atoms with Crippen LogP contribution >= 0.6 is 0 Å². The standard InChI is InChI=1S/C6H13NO3/c1-6(2,3)7-10-4-5(8)9/h7H,4H2,1-3H3,(H,8,9)/p-1. The van der Waals surface area contributed by atoms with Crippen LogP contribution in [0.5, 0.6) is 0 Å². The number of carbonyl (C=O) groups is 1. The molecule has 0 amide bonds. The molecule has 0 aromatic rings. The summed E-state index contributed by atoms with van der Waals surface area (Å²) in [5.41, 5.74) is 2.31. The molecule has 0 heterocycles. The summed E-state index contributed by atoms with van der Waals surface area (Å²) in [5, 5.41) is 9.81. The summed E-state index contributed by atoms with van der Waals surface area (Å²) in [5.74, 6) is -1.23. The van der Waals surface area contributed by atoms with Crippen LogP contribution in [-0.4, -0.2) is 18.1 Å². The number of hydrogen-bond acceptors (Lipinski definition) is 4. The minimum atomic E-state index is -1.23. The topological polar surface area (TPSA) is 61.4 Å². The van der Waals surface area contributed by atoms with Gasteiger partial charge < -0.3 is 9.90 Å². The number of carboxylic acids is 1. The van der Waals surface area contributed by atoms with Gasteiger partial charge in [-0.1, -0.05) is 0 Å². The first-order chi connectivity index (χ1) is 4.42. The third-order valence-corrected chi connectivity index (χ3v) is 0.568. The number of hydrogen-bond donors (Lipinski definition) is 1. The molecule has 60 valence electrons. The SMILES string of the molecule is CC(C)(C)NOCC(=O)[O-]. The first-order valence-electron chi connectivity index (χ1n) is 3.00. The van der Waals surface area contributed by atoms with Crippen molar-refractivity contribution < 1.29 is 14.7 Å². The van der Waals surface area contributed by atoms with E-state index in [0.717, 1.165) is 0 Å². The molecule has 0 atom stereocenters. The summed E-state index contributed by atoms with van der Waals surface area (Å²) in [6, 6.07) is 0. The number of nitrogens with one attached hydrogen (secondary N) is 1. The molecule has 0 spiro atoms. The Morgan fingerprint density at radius 3 is 2.40 bits per heavy atom. The highest BCUT2D eigenvalue weighted by atomic mass is 16.7. The van der Waals surface area contributed by atoms with Gasteiger partial charge in [0.2, 0.25) is 0 Å². The van der Waals surface area contributed by atoms with Gasteiger partial charge in [0.25, 0.3) is 0 Å². The van der Waals surface area contributed by atoms with Crippen molar-refractivity contribution in [3.8, 4) is 0 Å². The van der Waals surface area contributed by atoms with E-state index in [-0.39, 0.29) is 5.54 Å². The van der Waals surface area contributed by atoms with Gasteiger partial charge in [-0.15, -0.1) is 0 Å². The number of carboxylic acid groups (broad SMARTS) is 1. The minimum Gasteiger partial charge on any atom is -0.548 e. The Labute approximate surface area is 60.1 Å². The molecule has 0 aromatic carbocycles. The lowest BCUT2D eigenvalue weighted by molar-refractivity contribution is -0.311. The average molecular weight is 146 g/mol. The summed E-state index contributed by atoms with van der Waals surface area (Å²) in [7, 11) is 0. The van der Waals surface area contributed by atoms with Crippen molar-refractivity contribution in [2.45, 2.75) is 26.3 Å². The fourth-order valence-electron chi connectivity index (χ4n) is 0.312. The molecule has 0 saturated carbocycles. The molecule has 4 nitrogen and oxygen atoms in total. The van der Waals surface area contributed by atoms with Gasteiger partial charge in [0.1, 0.15) is 6.61 Å². The highest BCUT2D eigenvalue weighted by Gasteiger charge is 2.07. The Bertz CT molecular complexity index is 117. The van der Waals surface area contributed by atoms with E-state index in [0.29, 0.717) is 0 Å². The first-order valence-corrected chi connectivity index (χ1v) is 3.00. The minimum absolute atomic E-state index is 0.227. The van der Waals surface area contributed by atoms with E-state index in [1.165, 1.54) is 0 Å².